The normalized spacial score (nSPS) is 14.7. The highest BCUT2D eigenvalue weighted by molar-refractivity contribution is 14.0. The zero-order valence-electron chi connectivity index (χ0n) is 18.4. The van der Waals surface area contributed by atoms with E-state index in [4.69, 9.17) is 4.74 Å². The highest BCUT2D eigenvalue weighted by atomic mass is 127. The van der Waals surface area contributed by atoms with Crippen molar-refractivity contribution >= 4 is 35.6 Å². The topological polar surface area (TPSA) is 58.1 Å². The van der Waals surface area contributed by atoms with Crippen LogP contribution < -0.4 is 25.0 Å². The van der Waals surface area contributed by atoms with E-state index in [2.05, 4.69) is 49.5 Å². The summed E-state index contributed by atoms with van der Waals surface area (Å²) in [4.78, 5) is 6.98. The summed E-state index contributed by atoms with van der Waals surface area (Å²) in [6, 6.07) is 15.6. The van der Waals surface area contributed by atoms with Gasteiger partial charge in [0.2, 0.25) is 0 Å². The maximum Gasteiger partial charge on any atom is 0.387 e. The van der Waals surface area contributed by atoms with Crippen LogP contribution in [0.5, 0.6) is 11.5 Å². The number of nitrogens with zero attached hydrogens (tertiary/aromatic N) is 2. The molecule has 0 bridgehead atoms. The molecule has 2 N–H and O–H groups in total. The Morgan fingerprint density at radius 3 is 2.50 bits per heavy atom. The number of rotatable bonds is 8. The van der Waals surface area contributed by atoms with Crippen molar-refractivity contribution in [2.75, 3.05) is 31.6 Å². The highest BCUT2D eigenvalue weighted by Gasteiger charge is 2.20. The molecule has 1 saturated heterocycles. The Hall–Kier alpha value is -2.30. The van der Waals surface area contributed by atoms with Crippen LogP contribution in [0.1, 0.15) is 25.3 Å². The third kappa shape index (κ3) is 7.68. The van der Waals surface area contributed by atoms with E-state index in [-0.39, 0.29) is 36.3 Å². The fourth-order valence-electron chi connectivity index (χ4n) is 3.60. The van der Waals surface area contributed by atoms with Crippen LogP contribution in [-0.2, 0) is 6.54 Å². The van der Waals surface area contributed by atoms with Crippen molar-refractivity contribution in [1.29, 1.82) is 0 Å². The van der Waals surface area contributed by atoms with Gasteiger partial charge in [0.15, 0.2) is 5.96 Å². The lowest BCUT2D eigenvalue weighted by molar-refractivity contribution is -0.0505. The number of nitrogens with one attached hydrogen (secondary N) is 2. The monoisotopic (exact) mass is 560 g/mol. The van der Waals surface area contributed by atoms with Crippen LogP contribution in [0.15, 0.2) is 53.5 Å². The number of hydrogen-bond acceptors (Lipinski definition) is 4. The first-order valence-electron chi connectivity index (χ1n) is 10.6. The third-order valence-corrected chi connectivity index (χ3v) is 5.20. The summed E-state index contributed by atoms with van der Waals surface area (Å²) in [6.07, 6.45) is 1.98. The lowest BCUT2D eigenvalue weighted by Gasteiger charge is -2.34. The van der Waals surface area contributed by atoms with Gasteiger partial charge in [0.05, 0.1) is 13.7 Å². The molecule has 9 heteroatoms. The van der Waals surface area contributed by atoms with Crippen molar-refractivity contribution in [2.45, 2.75) is 39.0 Å². The van der Waals surface area contributed by atoms with Gasteiger partial charge in [0.25, 0.3) is 0 Å². The lowest BCUT2D eigenvalue weighted by Crippen LogP contribution is -2.48. The summed E-state index contributed by atoms with van der Waals surface area (Å²) >= 11 is 0. The van der Waals surface area contributed by atoms with Gasteiger partial charge in [-0.3, -0.25) is 0 Å². The molecular weight excluding hydrogens is 529 g/mol. The maximum absolute atomic E-state index is 12.8. The molecular formula is C23H31F2IN4O2. The number of para-hydroxylation sites is 1. The molecule has 0 aliphatic carbocycles. The predicted molar refractivity (Wildman–Crippen MR) is 135 cm³/mol. The van der Waals surface area contributed by atoms with E-state index in [9.17, 15) is 8.78 Å². The molecule has 0 amide bonds. The molecule has 0 unspecified atom stereocenters. The second-order valence-electron chi connectivity index (χ2n) is 7.29. The second kappa shape index (κ2) is 13.3. The van der Waals surface area contributed by atoms with Crippen molar-refractivity contribution < 1.29 is 18.3 Å². The van der Waals surface area contributed by atoms with Crippen LogP contribution in [0, 0.1) is 0 Å². The summed E-state index contributed by atoms with van der Waals surface area (Å²) < 4.78 is 35.3. The number of aliphatic imine (C=N–C) groups is 1. The van der Waals surface area contributed by atoms with Gasteiger partial charge in [-0.05, 0) is 44.0 Å². The smallest absolute Gasteiger partial charge is 0.387 e. The summed E-state index contributed by atoms with van der Waals surface area (Å²) in [7, 11) is 1.48. The molecule has 0 spiro atoms. The SMILES string of the molecule is CCNC(=NCc1ccc(OC)cc1OC(F)F)NC1CCN(c2ccccc2)CC1.I. The molecule has 176 valence electrons. The molecule has 0 atom stereocenters. The first-order valence-corrected chi connectivity index (χ1v) is 10.6. The van der Waals surface area contributed by atoms with Crippen molar-refractivity contribution in [2.24, 2.45) is 4.99 Å². The number of anilines is 1. The number of benzene rings is 2. The Labute approximate surface area is 205 Å². The number of piperidine rings is 1. The fourth-order valence-corrected chi connectivity index (χ4v) is 3.60. The first-order chi connectivity index (χ1) is 15.1. The molecule has 1 fully saturated rings. The summed E-state index contributed by atoms with van der Waals surface area (Å²) in [5.41, 5.74) is 1.81. The molecule has 1 aliphatic rings. The minimum atomic E-state index is -2.91. The first kappa shape index (κ1) is 26.0. The molecule has 6 nitrogen and oxygen atoms in total. The number of alkyl halides is 2. The van der Waals surface area contributed by atoms with E-state index < -0.39 is 6.61 Å². The van der Waals surface area contributed by atoms with Crippen LogP contribution in [0.2, 0.25) is 0 Å². The highest BCUT2D eigenvalue weighted by Crippen LogP contribution is 2.27. The zero-order chi connectivity index (χ0) is 22.1. The standard InChI is InChI=1S/C23H30F2N4O2.HI/c1-3-26-23(27-16-17-9-10-20(30-2)15-21(17)31-22(24)25)28-18-11-13-29(14-12-18)19-7-5-4-6-8-19;/h4-10,15,18,22H,3,11-14,16H2,1-2H3,(H2,26,27,28);1H. The van der Waals surface area contributed by atoms with E-state index >= 15 is 0 Å². The number of guanidine groups is 1. The van der Waals surface area contributed by atoms with Crippen LogP contribution in [0.4, 0.5) is 14.5 Å². The molecule has 1 aliphatic heterocycles. The second-order valence-corrected chi connectivity index (χ2v) is 7.29. The summed E-state index contributed by atoms with van der Waals surface area (Å²) in [6.45, 7) is 1.93. The van der Waals surface area contributed by atoms with E-state index in [1.807, 2.05) is 13.0 Å². The maximum atomic E-state index is 12.8. The Morgan fingerprint density at radius 2 is 1.88 bits per heavy atom. The zero-order valence-corrected chi connectivity index (χ0v) is 20.7. The van der Waals surface area contributed by atoms with Gasteiger partial charge in [0, 0.05) is 43.0 Å². The van der Waals surface area contributed by atoms with Gasteiger partial charge in [-0.1, -0.05) is 18.2 Å². The van der Waals surface area contributed by atoms with E-state index in [0.29, 0.717) is 29.9 Å². The lowest BCUT2D eigenvalue weighted by atomic mass is 10.0. The molecule has 0 aromatic heterocycles. The molecule has 1 heterocycles. The molecule has 32 heavy (non-hydrogen) atoms. The van der Waals surface area contributed by atoms with Crippen molar-refractivity contribution in [3.63, 3.8) is 0 Å². The Balaban J connectivity index is 0.00000363. The number of ether oxygens (including phenoxy) is 2. The van der Waals surface area contributed by atoms with Gasteiger partial charge < -0.3 is 25.0 Å². The van der Waals surface area contributed by atoms with Gasteiger partial charge >= 0.3 is 6.61 Å². The minimum Gasteiger partial charge on any atom is -0.497 e. The van der Waals surface area contributed by atoms with Crippen LogP contribution >= 0.6 is 24.0 Å². The predicted octanol–water partition coefficient (Wildman–Crippen LogP) is 4.64. The van der Waals surface area contributed by atoms with Crippen molar-refractivity contribution in [1.82, 2.24) is 10.6 Å². The van der Waals surface area contributed by atoms with E-state index in [0.717, 1.165) is 25.9 Å². The van der Waals surface area contributed by atoms with Gasteiger partial charge in [0.1, 0.15) is 11.5 Å². The van der Waals surface area contributed by atoms with Crippen molar-refractivity contribution in [3.05, 3.63) is 54.1 Å². The summed E-state index contributed by atoms with van der Waals surface area (Å²) in [5, 5.41) is 6.72. The quantitative estimate of drug-likeness (QED) is 0.280. The van der Waals surface area contributed by atoms with Crippen LogP contribution in [0.3, 0.4) is 0 Å². The summed E-state index contributed by atoms with van der Waals surface area (Å²) in [5.74, 6) is 1.20. The number of hydrogen-bond donors (Lipinski definition) is 2. The van der Waals surface area contributed by atoms with Gasteiger partial charge in [-0.2, -0.15) is 8.78 Å². The molecule has 0 saturated carbocycles. The Morgan fingerprint density at radius 1 is 1.16 bits per heavy atom. The number of halogens is 3. The van der Waals surface area contributed by atoms with Crippen LogP contribution in [0.25, 0.3) is 0 Å². The molecule has 3 rings (SSSR count). The Bertz CT molecular complexity index is 847. The van der Waals surface area contributed by atoms with Gasteiger partial charge in [-0.25, -0.2) is 4.99 Å². The molecule has 2 aromatic carbocycles. The molecule has 2 aromatic rings. The van der Waals surface area contributed by atoms with Gasteiger partial charge in [-0.15, -0.1) is 24.0 Å². The molecule has 0 radical (unpaired) electrons. The number of methoxy groups -OCH3 is 1. The van der Waals surface area contributed by atoms with E-state index in [1.54, 1.807) is 12.1 Å². The van der Waals surface area contributed by atoms with Crippen LogP contribution in [-0.4, -0.2) is 45.4 Å². The average molecular weight is 560 g/mol. The Kier molecular flexibility index (Phi) is 10.8. The largest absolute Gasteiger partial charge is 0.497 e. The average Bonchev–Trinajstić information content (AvgIpc) is 2.79. The minimum absolute atomic E-state index is 0. The third-order valence-electron chi connectivity index (χ3n) is 5.20. The van der Waals surface area contributed by atoms with E-state index in [1.165, 1.54) is 18.9 Å². The van der Waals surface area contributed by atoms with Crippen molar-refractivity contribution in [3.8, 4) is 11.5 Å². The fraction of sp³-hybridized carbons (Fsp3) is 0.435.